The van der Waals surface area contributed by atoms with Crippen molar-refractivity contribution in [3.8, 4) is 0 Å². The Kier molecular flexibility index (Phi) is 4.77. The summed E-state index contributed by atoms with van der Waals surface area (Å²) < 4.78 is 0. The van der Waals surface area contributed by atoms with E-state index in [1.54, 1.807) is 0 Å². The SMILES string of the molecule is OC1C/C=C/C=C\CCCCC1. The lowest BCUT2D eigenvalue weighted by Crippen LogP contribution is -2.03. The Morgan fingerprint density at radius 3 is 2.75 bits per heavy atom. The van der Waals surface area contributed by atoms with Crippen LogP contribution in [0.1, 0.15) is 38.5 Å². The maximum atomic E-state index is 9.45. The molecular formula is C11H18O. The highest BCUT2D eigenvalue weighted by Gasteiger charge is 2.00. The molecule has 1 nitrogen and oxygen atoms in total. The molecule has 0 aromatic carbocycles. The second kappa shape index (κ2) is 6.01. The van der Waals surface area contributed by atoms with E-state index in [1.165, 1.54) is 25.7 Å². The molecule has 0 aliphatic heterocycles. The van der Waals surface area contributed by atoms with Gasteiger partial charge in [0.1, 0.15) is 0 Å². The van der Waals surface area contributed by atoms with Crippen LogP contribution in [-0.2, 0) is 0 Å². The van der Waals surface area contributed by atoms with Gasteiger partial charge in [-0.05, 0) is 25.7 Å². The van der Waals surface area contributed by atoms with E-state index in [0.717, 1.165) is 12.8 Å². The lowest BCUT2D eigenvalue weighted by Gasteiger charge is -2.06. The summed E-state index contributed by atoms with van der Waals surface area (Å²) in [5.41, 5.74) is 0. The highest BCUT2D eigenvalue weighted by atomic mass is 16.3. The average molecular weight is 166 g/mol. The highest BCUT2D eigenvalue weighted by Crippen LogP contribution is 2.10. The molecule has 12 heavy (non-hydrogen) atoms. The summed E-state index contributed by atoms with van der Waals surface area (Å²) in [5.74, 6) is 0. The van der Waals surface area contributed by atoms with Crippen LogP contribution >= 0.6 is 0 Å². The van der Waals surface area contributed by atoms with E-state index in [9.17, 15) is 5.11 Å². The molecule has 0 aromatic heterocycles. The number of hydrogen-bond donors (Lipinski definition) is 1. The fraction of sp³-hybridized carbons (Fsp3) is 0.636. The van der Waals surface area contributed by atoms with Crippen molar-refractivity contribution >= 4 is 0 Å². The molecular weight excluding hydrogens is 148 g/mol. The van der Waals surface area contributed by atoms with Crippen molar-refractivity contribution in [1.82, 2.24) is 0 Å². The van der Waals surface area contributed by atoms with Crippen LogP contribution in [0, 0.1) is 0 Å². The molecule has 0 radical (unpaired) electrons. The molecule has 0 saturated heterocycles. The van der Waals surface area contributed by atoms with Gasteiger partial charge in [0.2, 0.25) is 0 Å². The van der Waals surface area contributed by atoms with Gasteiger partial charge in [-0.3, -0.25) is 0 Å². The molecule has 0 aromatic rings. The lowest BCUT2D eigenvalue weighted by molar-refractivity contribution is 0.164. The van der Waals surface area contributed by atoms with Gasteiger partial charge in [0.05, 0.1) is 6.10 Å². The summed E-state index contributed by atoms with van der Waals surface area (Å²) in [4.78, 5) is 0. The molecule has 1 rings (SSSR count). The quantitative estimate of drug-likeness (QED) is 0.586. The van der Waals surface area contributed by atoms with E-state index in [2.05, 4.69) is 12.2 Å². The van der Waals surface area contributed by atoms with Gasteiger partial charge in [0.15, 0.2) is 0 Å². The predicted molar refractivity (Wildman–Crippen MR) is 52.0 cm³/mol. The Hall–Kier alpha value is -0.560. The van der Waals surface area contributed by atoms with Gasteiger partial charge in [0.25, 0.3) is 0 Å². The molecule has 1 aliphatic rings. The molecule has 68 valence electrons. The molecule has 0 bridgehead atoms. The first-order valence-electron chi connectivity index (χ1n) is 4.89. The van der Waals surface area contributed by atoms with E-state index in [4.69, 9.17) is 0 Å². The van der Waals surface area contributed by atoms with Crippen molar-refractivity contribution in [3.05, 3.63) is 24.3 Å². The largest absolute Gasteiger partial charge is 0.393 e. The molecule has 1 N–H and O–H groups in total. The third kappa shape index (κ3) is 4.35. The van der Waals surface area contributed by atoms with Crippen LogP contribution in [0.3, 0.4) is 0 Å². The molecule has 0 saturated carbocycles. The van der Waals surface area contributed by atoms with Crippen molar-refractivity contribution in [2.45, 2.75) is 44.6 Å². The van der Waals surface area contributed by atoms with Crippen LogP contribution in [-0.4, -0.2) is 11.2 Å². The average Bonchev–Trinajstić information content (AvgIpc) is 2.11. The number of rotatable bonds is 0. The Balaban J connectivity index is 2.33. The third-order valence-corrected chi connectivity index (χ3v) is 2.20. The first-order valence-corrected chi connectivity index (χ1v) is 4.89. The zero-order valence-corrected chi connectivity index (χ0v) is 7.58. The van der Waals surface area contributed by atoms with E-state index in [0.29, 0.717) is 0 Å². The summed E-state index contributed by atoms with van der Waals surface area (Å²) in [6.07, 6.45) is 14.9. The van der Waals surface area contributed by atoms with Crippen LogP contribution < -0.4 is 0 Å². The third-order valence-electron chi connectivity index (χ3n) is 2.20. The van der Waals surface area contributed by atoms with Gasteiger partial charge in [-0.2, -0.15) is 0 Å². The smallest absolute Gasteiger partial charge is 0.0574 e. The molecule has 1 heteroatoms. The van der Waals surface area contributed by atoms with Gasteiger partial charge in [0, 0.05) is 0 Å². The molecule has 1 atom stereocenters. The van der Waals surface area contributed by atoms with Gasteiger partial charge in [-0.1, -0.05) is 37.1 Å². The topological polar surface area (TPSA) is 20.2 Å². The van der Waals surface area contributed by atoms with E-state index in [1.807, 2.05) is 12.2 Å². The zero-order chi connectivity index (χ0) is 8.65. The van der Waals surface area contributed by atoms with Crippen molar-refractivity contribution < 1.29 is 5.11 Å². The number of aliphatic hydroxyl groups is 1. The minimum absolute atomic E-state index is 0.118. The van der Waals surface area contributed by atoms with Gasteiger partial charge in [-0.25, -0.2) is 0 Å². The Bertz CT molecular complexity index is 158. The number of hydrogen-bond acceptors (Lipinski definition) is 1. The molecule has 0 fully saturated rings. The molecule has 1 unspecified atom stereocenters. The molecule has 0 heterocycles. The monoisotopic (exact) mass is 166 g/mol. The normalized spacial score (nSPS) is 31.9. The summed E-state index contributed by atoms with van der Waals surface area (Å²) in [6.45, 7) is 0. The van der Waals surface area contributed by atoms with Crippen LogP contribution in [0.2, 0.25) is 0 Å². The fourth-order valence-corrected chi connectivity index (χ4v) is 1.43. The maximum absolute atomic E-state index is 9.45. The molecule has 0 amide bonds. The number of aliphatic hydroxyl groups excluding tert-OH is 1. The Morgan fingerprint density at radius 1 is 1.00 bits per heavy atom. The summed E-state index contributed by atoms with van der Waals surface area (Å²) in [7, 11) is 0. The van der Waals surface area contributed by atoms with E-state index >= 15 is 0 Å². The number of allylic oxidation sites excluding steroid dienone is 3. The van der Waals surface area contributed by atoms with E-state index < -0.39 is 0 Å². The van der Waals surface area contributed by atoms with Crippen molar-refractivity contribution in [2.24, 2.45) is 0 Å². The van der Waals surface area contributed by atoms with Gasteiger partial charge >= 0.3 is 0 Å². The molecule has 0 spiro atoms. The summed E-state index contributed by atoms with van der Waals surface area (Å²) in [5, 5.41) is 9.45. The Labute approximate surface area is 74.8 Å². The summed E-state index contributed by atoms with van der Waals surface area (Å²) >= 11 is 0. The second-order valence-corrected chi connectivity index (χ2v) is 3.38. The van der Waals surface area contributed by atoms with Gasteiger partial charge < -0.3 is 5.11 Å². The second-order valence-electron chi connectivity index (χ2n) is 3.38. The highest BCUT2D eigenvalue weighted by molar-refractivity contribution is 5.02. The maximum Gasteiger partial charge on any atom is 0.0574 e. The summed E-state index contributed by atoms with van der Waals surface area (Å²) in [6, 6.07) is 0. The van der Waals surface area contributed by atoms with Crippen LogP contribution in [0.5, 0.6) is 0 Å². The van der Waals surface area contributed by atoms with Crippen LogP contribution in [0.15, 0.2) is 24.3 Å². The standard InChI is InChI=1S/C11H18O/c12-11-9-7-5-3-1-2-4-6-8-10-11/h1,3,5,7,11-12H,2,4,6,8-10H2/b3-1-,7-5+. The van der Waals surface area contributed by atoms with Crippen molar-refractivity contribution in [1.29, 1.82) is 0 Å². The fourth-order valence-electron chi connectivity index (χ4n) is 1.43. The molecule has 1 aliphatic carbocycles. The minimum Gasteiger partial charge on any atom is -0.393 e. The van der Waals surface area contributed by atoms with Gasteiger partial charge in [-0.15, -0.1) is 0 Å². The first kappa shape index (κ1) is 9.53. The Morgan fingerprint density at radius 2 is 1.83 bits per heavy atom. The lowest BCUT2D eigenvalue weighted by atomic mass is 10.1. The minimum atomic E-state index is -0.118. The van der Waals surface area contributed by atoms with Crippen molar-refractivity contribution in [3.63, 3.8) is 0 Å². The van der Waals surface area contributed by atoms with Crippen molar-refractivity contribution in [2.75, 3.05) is 0 Å². The zero-order valence-electron chi connectivity index (χ0n) is 7.58. The first-order chi connectivity index (χ1) is 5.89. The predicted octanol–water partition coefficient (Wildman–Crippen LogP) is 2.81. The van der Waals surface area contributed by atoms with Crippen LogP contribution in [0.4, 0.5) is 0 Å². The van der Waals surface area contributed by atoms with E-state index in [-0.39, 0.29) is 6.10 Å². The van der Waals surface area contributed by atoms with Crippen LogP contribution in [0.25, 0.3) is 0 Å².